The summed E-state index contributed by atoms with van der Waals surface area (Å²) in [6.45, 7) is 0. The summed E-state index contributed by atoms with van der Waals surface area (Å²) in [6, 6.07) is 12.1. The molecule has 0 spiro atoms. The topological polar surface area (TPSA) is 101 Å². The van der Waals surface area contributed by atoms with E-state index in [4.69, 9.17) is 27.4 Å². The molecule has 2 rings (SSSR count). The van der Waals surface area contributed by atoms with Gasteiger partial charge in [0.2, 0.25) is 0 Å². The Balaban J connectivity index is 2.25. The molecule has 7 heteroatoms. The molecule has 1 N–H and O–H groups in total. The van der Waals surface area contributed by atoms with E-state index in [1.165, 1.54) is 6.20 Å². The highest BCUT2D eigenvalue weighted by molar-refractivity contribution is 6.30. The molecule has 0 aliphatic heterocycles. The average Bonchev–Trinajstić information content (AvgIpc) is 2.94. The minimum Gasteiger partial charge on any atom is -0.345 e. The van der Waals surface area contributed by atoms with Gasteiger partial charge in [-0.15, -0.1) is 0 Å². The molecule has 1 aromatic heterocycles. The zero-order chi connectivity index (χ0) is 15.2. The first kappa shape index (κ1) is 14.1. The quantitative estimate of drug-likeness (QED) is 0.877. The summed E-state index contributed by atoms with van der Waals surface area (Å²) in [5.74, 6) is 0. The number of hydrogen-bond donors (Lipinski definition) is 1. The molecule has 2 aromatic rings. The van der Waals surface area contributed by atoms with Crippen molar-refractivity contribution in [3.05, 3.63) is 53.0 Å². The first-order valence-electron chi connectivity index (χ1n) is 5.70. The van der Waals surface area contributed by atoms with Crippen LogP contribution >= 0.6 is 11.6 Å². The molecule has 100 valence electrons. The standard InChI is InChI=1S/C14H7ClN6/c15-11-8-19-21(9-11)13-3-1-12(2-4-13)20-14(7-18)10(5-16)6-17/h1-4,8-9,20H. The normalized spacial score (nSPS) is 9.05. The number of nitrogens with one attached hydrogen (secondary N) is 1. The minimum absolute atomic E-state index is 0.0881. The maximum absolute atomic E-state index is 8.95. The number of anilines is 1. The second-order valence-corrected chi connectivity index (χ2v) is 4.30. The molecule has 0 bridgehead atoms. The van der Waals surface area contributed by atoms with Crippen molar-refractivity contribution in [1.82, 2.24) is 9.78 Å². The molecule has 6 nitrogen and oxygen atoms in total. The second kappa shape index (κ2) is 6.25. The Morgan fingerprint density at radius 3 is 2.24 bits per heavy atom. The molecule has 1 aromatic carbocycles. The molecular formula is C14H7ClN6. The van der Waals surface area contributed by atoms with Crippen LogP contribution in [0.5, 0.6) is 0 Å². The molecule has 0 unspecified atom stereocenters. The smallest absolute Gasteiger partial charge is 0.163 e. The molecule has 0 saturated carbocycles. The van der Waals surface area contributed by atoms with Crippen LogP contribution in [0.4, 0.5) is 5.69 Å². The van der Waals surface area contributed by atoms with E-state index < -0.39 is 0 Å². The van der Waals surface area contributed by atoms with Gasteiger partial charge in [0.1, 0.15) is 23.9 Å². The van der Waals surface area contributed by atoms with Gasteiger partial charge >= 0.3 is 0 Å². The van der Waals surface area contributed by atoms with E-state index in [0.717, 1.165) is 5.69 Å². The third-order valence-electron chi connectivity index (χ3n) is 2.54. The van der Waals surface area contributed by atoms with Gasteiger partial charge in [0.25, 0.3) is 0 Å². The molecule has 0 atom stereocenters. The summed E-state index contributed by atoms with van der Waals surface area (Å²) in [5, 5.41) is 33.8. The van der Waals surface area contributed by atoms with E-state index in [1.54, 1.807) is 53.4 Å². The highest BCUT2D eigenvalue weighted by Crippen LogP contribution is 2.17. The van der Waals surface area contributed by atoms with Crippen LogP contribution in [0.1, 0.15) is 0 Å². The average molecular weight is 295 g/mol. The maximum Gasteiger partial charge on any atom is 0.163 e. The van der Waals surface area contributed by atoms with Gasteiger partial charge in [-0.25, -0.2) is 4.68 Å². The lowest BCUT2D eigenvalue weighted by atomic mass is 10.2. The van der Waals surface area contributed by atoms with E-state index in [0.29, 0.717) is 10.7 Å². The number of hydrogen-bond acceptors (Lipinski definition) is 5. The summed E-state index contributed by atoms with van der Waals surface area (Å²) in [4.78, 5) is 0. The van der Waals surface area contributed by atoms with Crippen LogP contribution in [0.3, 0.4) is 0 Å². The van der Waals surface area contributed by atoms with Gasteiger partial charge < -0.3 is 5.32 Å². The first-order valence-corrected chi connectivity index (χ1v) is 6.08. The van der Waals surface area contributed by atoms with Gasteiger partial charge in [-0.3, -0.25) is 0 Å². The summed E-state index contributed by atoms with van der Waals surface area (Å²) < 4.78 is 1.60. The van der Waals surface area contributed by atoms with Crippen molar-refractivity contribution < 1.29 is 0 Å². The lowest BCUT2D eigenvalue weighted by Gasteiger charge is -2.06. The summed E-state index contributed by atoms with van der Waals surface area (Å²) in [7, 11) is 0. The summed E-state index contributed by atoms with van der Waals surface area (Å²) >= 11 is 5.80. The lowest BCUT2D eigenvalue weighted by Crippen LogP contribution is -2.01. The highest BCUT2D eigenvalue weighted by atomic mass is 35.5. The SMILES string of the molecule is N#CC(C#N)=C(C#N)Nc1ccc(-n2cc(Cl)cn2)cc1. The number of nitriles is 3. The maximum atomic E-state index is 8.95. The van der Waals surface area contributed by atoms with Gasteiger partial charge in [-0.1, -0.05) is 11.6 Å². The van der Waals surface area contributed by atoms with Crippen LogP contribution in [0.15, 0.2) is 47.9 Å². The molecule has 0 amide bonds. The molecule has 1 heterocycles. The summed E-state index contributed by atoms with van der Waals surface area (Å²) in [6.07, 6.45) is 3.18. The van der Waals surface area contributed by atoms with Crippen molar-refractivity contribution in [2.75, 3.05) is 5.32 Å². The van der Waals surface area contributed by atoms with Gasteiger partial charge in [-0.05, 0) is 24.3 Å². The second-order valence-electron chi connectivity index (χ2n) is 3.86. The fourth-order valence-corrected chi connectivity index (χ4v) is 1.70. The van der Waals surface area contributed by atoms with Crippen molar-refractivity contribution in [1.29, 1.82) is 15.8 Å². The Labute approximate surface area is 125 Å². The highest BCUT2D eigenvalue weighted by Gasteiger charge is 2.06. The van der Waals surface area contributed by atoms with Crippen molar-refractivity contribution in [2.45, 2.75) is 0 Å². The summed E-state index contributed by atoms with van der Waals surface area (Å²) in [5.41, 5.74) is 1.02. The number of nitrogens with zero attached hydrogens (tertiary/aromatic N) is 5. The minimum atomic E-state index is -0.263. The van der Waals surface area contributed by atoms with E-state index in [9.17, 15) is 0 Å². The number of rotatable bonds is 3. The van der Waals surface area contributed by atoms with Crippen molar-refractivity contribution in [3.63, 3.8) is 0 Å². The number of aromatic nitrogens is 2. The number of benzene rings is 1. The lowest BCUT2D eigenvalue weighted by molar-refractivity contribution is 0.881. The van der Waals surface area contributed by atoms with Gasteiger partial charge in [-0.2, -0.15) is 20.9 Å². The van der Waals surface area contributed by atoms with Crippen LogP contribution in [-0.4, -0.2) is 9.78 Å². The third kappa shape index (κ3) is 3.19. The largest absolute Gasteiger partial charge is 0.345 e. The van der Waals surface area contributed by atoms with Gasteiger partial charge in [0.15, 0.2) is 5.57 Å². The molecule has 0 aliphatic carbocycles. The van der Waals surface area contributed by atoms with Gasteiger partial charge in [0, 0.05) is 11.9 Å². The molecule has 0 aliphatic rings. The number of halogens is 1. The molecular weight excluding hydrogens is 288 g/mol. The Morgan fingerprint density at radius 1 is 1.10 bits per heavy atom. The predicted molar refractivity (Wildman–Crippen MR) is 76.1 cm³/mol. The zero-order valence-corrected chi connectivity index (χ0v) is 11.3. The molecule has 0 radical (unpaired) electrons. The van der Waals surface area contributed by atoms with Crippen LogP contribution in [0.25, 0.3) is 5.69 Å². The van der Waals surface area contributed by atoms with Crippen molar-refractivity contribution in [2.24, 2.45) is 0 Å². The molecule has 0 saturated heterocycles. The van der Waals surface area contributed by atoms with Crippen molar-refractivity contribution in [3.8, 4) is 23.9 Å². The van der Waals surface area contributed by atoms with E-state index >= 15 is 0 Å². The third-order valence-corrected chi connectivity index (χ3v) is 2.73. The van der Waals surface area contributed by atoms with Crippen LogP contribution in [-0.2, 0) is 0 Å². The van der Waals surface area contributed by atoms with Crippen LogP contribution < -0.4 is 5.32 Å². The van der Waals surface area contributed by atoms with Crippen LogP contribution in [0.2, 0.25) is 5.02 Å². The molecule has 21 heavy (non-hydrogen) atoms. The van der Waals surface area contributed by atoms with E-state index in [-0.39, 0.29) is 11.3 Å². The Morgan fingerprint density at radius 2 is 1.76 bits per heavy atom. The van der Waals surface area contributed by atoms with Crippen molar-refractivity contribution >= 4 is 17.3 Å². The Kier molecular flexibility index (Phi) is 4.21. The Hall–Kier alpha value is -3.27. The fourth-order valence-electron chi connectivity index (χ4n) is 1.57. The monoisotopic (exact) mass is 294 g/mol. The van der Waals surface area contributed by atoms with E-state index in [2.05, 4.69) is 10.4 Å². The molecule has 0 fully saturated rings. The van der Waals surface area contributed by atoms with Crippen LogP contribution in [0, 0.1) is 34.0 Å². The van der Waals surface area contributed by atoms with E-state index in [1.807, 2.05) is 0 Å². The fraction of sp³-hybridized carbons (Fsp3) is 0. The zero-order valence-electron chi connectivity index (χ0n) is 10.6. The number of allylic oxidation sites excluding steroid dienone is 2. The van der Waals surface area contributed by atoms with Gasteiger partial charge in [0.05, 0.1) is 16.9 Å². The Bertz CT molecular complexity index is 795. The first-order chi connectivity index (χ1) is 10.2. The predicted octanol–water partition coefficient (Wildman–Crippen LogP) is 2.76.